The lowest BCUT2D eigenvalue weighted by Crippen LogP contribution is -2.29. The zero-order valence-corrected chi connectivity index (χ0v) is 14.2. The van der Waals surface area contributed by atoms with E-state index in [0.29, 0.717) is 29.3 Å². The van der Waals surface area contributed by atoms with Crippen LogP contribution in [0.2, 0.25) is 5.02 Å². The molecule has 1 aliphatic rings. The summed E-state index contributed by atoms with van der Waals surface area (Å²) in [5.41, 5.74) is 1.49. The van der Waals surface area contributed by atoms with Gasteiger partial charge < -0.3 is 4.42 Å². The molecule has 2 heterocycles. The van der Waals surface area contributed by atoms with Crippen LogP contribution in [0.5, 0.6) is 0 Å². The molecular weight excluding hydrogens is 336 g/mol. The molecule has 23 heavy (non-hydrogen) atoms. The van der Waals surface area contributed by atoms with Gasteiger partial charge in [-0.1, -0.05) is 30.7 Å². The largest absolute Gasteiger partial charge is 0.463 e. The van der Waals surface area contributed by atoms with Crippen LogP contribution in [0.3, 0.4) is 0 Å². The summed E-state index contributed by atoms with van der Waals surface area (Å²) in [6.45, 7) is 1.84. The molecule has 0 unspecified atom stereocenters. The third-order valence-corrected chi connectivity index (χ3v) is 5.76. The maximum Gasteiger partial charge on any atom is 0.250 e. The smallest absolute Gasteiger partial charge is 0.250 e. The van der Waals surface area contributed by atoms with Crippen molar-refractivity contribution in [1.82, 2.24) is 4.41 Å². The fourth-order valence-corrected chi connectivity index (χ4v) is 4.26. The van der Waals surface area contributed by atoms with Crippen molar-refractivity contribution in [2.45, 2.75) is 25.8 Å². The second-order valence-corrected chi connectivity index (χ2v) is 7.77. The summed E-state index contributed by atoms with van der Waals surface area (Å²) in [6, 6.07) is 10.4. The summed E-state index contributed by atoms with van der Waals surface area (Å²) in [5.74, 6) is 0.657. The average Bonchev–Trinajstić information content (AvgIpc) is 3.17. The predicted molar refractivity (Wildman–Crippen MR) is 90.0 cm³/mol. The quantitative estimate of drug-likeness (QED) is 0.821. The monoisotopic (exact) mass is 352 g/mol. The lowest BCUT2D eigenvalue weighted by molar-refractivity contribution is 0.371. The summed E-state index contributed by atoms with van der Waals surface area (Å²) < 4.78 is 31.7. The molecule has 1 aromatic heterocycles. The third-order valence-electron chi connectivity index (χ3n) is 3.68. The fraction of sp³-hybridized carbons (Fsp3) is 0.312. The molecule has 5 nitrogen and oxygen atoms in total. The van der Waals surface area contributed by atoms with Gasteiger partial charge in [-0.2, -0.15) is 9.52 Å². The van der Waals surface area contributed by atoms with Crippen molar-refractivity contribution in [1.29, 1.82) is 0 Å². The van der Waals surface area contributed by atoms with Gasteiger partial charge in [0.15, 0.2) is 0 Å². The minimum absolute atomic E-state index is 0.0615. The average molecular weight is 353 g/mol. The molecule has 0 bridgehead atoms. The van der Waals surface area contributed by atoms with Crippen LogP contribution in [0.4, 0.5) is 0 Å². The molecule has 122 valence electrons. The number of sulfonamides is 1. The number of hydrazone groups is 1. The summed E-state index contributed by atoms with van der Waals surface area (Å²) in [5, 5.41) is 4.95. The first kappa shape index (κ1) is 16.1. The molecule has 0 radical (unpaired) electrons. The standard InChI is InChI=1S/C16H17ClN2O3S/c1-2-10-23(20,21)19-15(12-5-7-13(17)8-6-12)11-14(18-19)16-4-3-9-22-16/h3-9,15H,2,10-11H2,1H3/t15-/m1/s1. The van der Waals surface area contributed by atoms with Crippen LogP contribution in [-0.4, -0.2) is 24.3 Å². The fourth-order valence-electron chi connectivity index (χ4n) is 2.62. The second-order valence-electron chi connectivity index (χ2n) is 5.38. The van der Waals surface area contributed by atoms with Gasteiger partial charge in [0.1, 0.15) is 11.5 Å². The van der Waals surface area contributed by atoms with Crippen LogP contribution >= 0.6 is 11.6 Å². The Morgan fingerprint density at radius 3 is 2.65 bits per heavy atom. The first-order valence-corrected chi connectivity index (χ1v) is 9.39. The Morgan fingerprint density at radius 2 is 2.04 bits per heavy atom. The molecule has 7 heteroatoms. The van der Waals surface area contributed by atoms with Crippen molar-refractivity contribution in [2.24, 2.45) is 5.10 Å². The number of benzene rings is 1. The minimum atomic E-state index is -3.47. The van der Waals surface area contributed by atoms with Crippen LogP contribution < -0.4 is 0 Å². The van der Waals surface area contributed by atoms with Crippen LogP contribution in [0.15, 0.2) is 52.2 Å². The Balaban J connectivity index is 1.99. The Kier molecular flexibility index (Phi) is 4.46. The van der Waals surface area contributed by atoms with Gasteiger partial charge in [0.05, 0.1) is 18.1 Å². The molecule has 0 saturated carbocycles. The third kappa shape index (κ3) is 3.28. The first-order chi connectivity index (χ1) is 11.0. The van der Waals surface area contributed by atoms with E-state index in [-0.39, 0.29) is 11.8 Å². The molecule has 1 aromatic carbocycles. The maximum atomic E-state index is 12.6. The van der Waals surface area contributed by atoms with Gasteiger partial charge in [0.2, 0.25) is 10.0 Å². The highest BCUT2D eigenvalue weighted by molar-refractivity contribution is 7.89. The van der Waals surface area contributed by atoms with Crippen molar-refractivity contribution in [3.63, 3.8) is 0 Å². The van der Waals surface area contributed by atoms with E-state index in [2.05, 4.69) is 5.10 Å². The van der Waals surface area contributed by atoms with Crippen LogP contribution in [0.25, 0.3) is 0 Å². The van der Waals surface area contributed by atoms with Crippen molar-refractivity contribution < 1.29 is 12.8 Å². The van der Waals surface area contributed by atoms with Gasteiger partial charge in [-0.25, -0.2) is 8.42 Å². The van der Waals surface area contributed by atoms with E-state index in [0.717, 1.165) is 5.56 Å². The molecule has 0 N–H and O–H groups in total. The van der Waals surface area contributed by atoms with E-state index >= 15 is 0 Å². The van der Waals surface area contributed by atoms with Gasteiger partial charge in [-0.3, -0.25) is 0 Å². The summed E-state index contributed by atoms with van der Waals surface area (Å²) in [7, 11) is -3.47. The maximum absolute atomic E-state index is 12.6. The van der Waals surface area contributed by atoms with E-state index in [4.69, 9.17) is 16.0 Å². The highest BCUT2D eigenvalue weighted by Crippen LogP contribution is 2.35. The molecule has 1 aliphatic heterocycles. The molecular formula is C16H17ClN2O3S. The minimum Gasteiger partial charge on any atom is -0.463 e. The first-order valence-electron chi connectivity index (χ1n) is 7.40. The number of furan rings is 1. The normalized spacial score (nSPS) is 18.3. The van der Waals surface area contributed by atoms with E-state index in [1.807, 2.05) is 19.1 Å². The molecule has 0 fully saturated rings. The van der Waals surface area contributed by atoms with Crippen LogP contribution in [-0.2, 0) is 10.0 Å². The molecule has 1 atom stereocenters. The van der Waals surface area contributed by atoms with Crippen molar-refractivity contribution >= 4 is 27.3 Å². The summed E-state index contributed by atoms with van der Waals surface area (Å²) in [6.07, 6.45) is 2.56. The molecule has 2 aromatic rings. The number of nitrogens with zero attached hydrogens (tertiary/aromatic N) is 2. The zero-order valence-electron chi connectivity index (χ0n) is 12.6. The van der Waals surface area contributed by atoms with Gasteiger partial charge >= 0.3 is 0 Å². The van der Waals surface area contributed by atoms with Crippen molar-refractivity contribution in [3.05, 3.63) is 59.0 Å². The predicted octanol–water partition coefficient (Wildman–Crippen LogP) is 3.82. The summed E-state index contributed by atoms with van der Waals surface area (Å²) >= 11 is 5.93. The van der Waals surface area contributed by atoms with Crippen LogP contribution in [0.1, 0.15) is 37.1 Å². The molecule has 0 aliphatic carbocycles. The Morgan fingerprint density at radius 1 is 1.30 bits per heavy atom. The molecule has 3 rings (SSSR count). The lowest BCUT2D eigenvalue weighted by Gasteiger charge is -2.23. The van der Waals surface area contributed by atoms with Crippen molar-refractivity contribution in [3.8, 4) is 0 Å². The van der Waals surface area contributed by atoms with Crippen molar-refractivity contribution in [2.75, 3.05) is 5.75 Å². The number of hydrogen-bond acceptors (Lipinski definition) is 4. The van der Waals surface area contributed by atoms with Gasteiger partial charge in [0.25, 0.3) is 0 Å². The highest BCUT2D eigenvalue weighted by atomic mass is 35.5. The SMILES string of the molecule is CCCS(=O)(=O)N1N=C(c2ccco2)C[C@@H]1c1ccc(Cl)cc1. The summed E-state index contributed by atoms with van der Waals surface area (Å²) in [4.78, 5) is 0. The molecule has 0 spiro atoms. The second kappa shape index (κ2) is 6.37. The van der Waals surface area contributed by atoms with E-state index in [1.54, 1.807) is 30.5 Å². The Bertz CT molecular complexity index is 798. The van der Waals surface area contributed by atoms with Gasteiger partial charge in [-0.05, 0) is 36.2 Å². The number of halogens is 1. The topological polar surface area (TPSA) is 62.9 Å². The highest BCUT2D eigenvalue weighted by Gasteiger charge is 2.36. The number of hydrogen-bond donors (Lipinski definition) is 0. The Labute approximate surface area is 140 Å². The van der Waals surface area contributed by atoms with E-state index in [1.165, 1.54) is 4.41 Å². The number of rotatable bonds is 5. The van der Waals surface area contributed by atoms with Gasteiger partial charge in [0, 0.05) is 11.4 Å². The zero-order chi connectivity index (χ0) is 16.4. The molecule has 0 amide bonds. The van der Waals surface area contributed by atoms with Gasteiger partial charge in [-0.15, -0.1) is 0 Å². The van der Waals surface area contributed by atoms with Crippen LogP contribution in [0, 0.1) is 0 Å². The van der Waals surface area contributed by atoms with E-state index < -0.39 is 10.0 Å². The van der Waals surface area contributed by atoms with E-state index in [9.17, 15) is 8.42 Å². The Hall–Kier alpha value is -1.79. The lowest BCUT2D eigenvalue weighted by atomic mass is 10.0. The molecule has 0 saturated heterocycles.